The monoisotopic (exact) mass is 297 g/mol. The molecular formula is C14H16ClNO4. The molecule has 0 aromatic heterocycles. The van der Waals surface area contributed by atoms with E-state index in [0.29, 0.717) is 35.8 Å². The van der Waals surface area contributed by atoms with Crippen LogP contribution in [-0.2, 0) is 16.0 Å². The zero-order valence-electron chi connectivity index (χ0n) is 11.1. The van der Waals surface area contributed by atoms with Crippen LogP contribution in [-0.4, -0.2) is 29.1 Å². The minimum absolute atomic E-state index is 0.0466. The fourth-order valence-corrected chi connectivity index (χ4v) is 2.25. The van der Waals surface area contributed by atoms with Gasteiger partial charge in [-0.2, -0.15) is 0 Å². The van der Waals surface area contributed by atoms with Crippen molar-refractivity contribution in [2.75, 3.05) is 6.61 Å². The number of nitrogens with one attached hydrogen (secondary N) is 1. The van der Waals surface area contributed by atoms with E-state index in [9.17, 15) is 9.59 Å². The van der Waals surface area contributed by atoms with Gasteiger partial charge in [0.1, 0.15) is 11.3 Å². The van der Waals surface area contributed by atoms with Crippen LogP contribution in [0.15, 0.2) is 18.2 Å². The van der Waals surface area contributed by atoms with Gasteiger partial charge in [0.25, 0.3) is 0 Å². The third kappa shape index (κ3) is 3.04. The number of benzene rings is 1. The number of carbonyl (C=O) groups excluding carboxylic acids is 1. The highest BCUT2D eigenvalue weighted by atomic mass is 35.5. The number of para-hydroxylation sites is 1. The molecule has 1 fully saturated rings. The van der Waals surface area contributed by atoms with E-state index in [4.69, 9.17) is 21.4 Å². The molecule has 1 aliphatic rings. The summed E-state index contributed by atoms with van der Waals surface area (Å²) >= 11 is 6.04. The molecule has 108 valence electrons. The van der Waals surface area contributed by atoms with E-state index in [1.165, 1.54) is 0 Å². The van der Waals surface area contributed by atoms with Crippen molar-refractivity contribution >= 4 is 23.5 Å². The van der Waals surface area contributed by atoms with Gasteiger partial charge >= 0.3 is 5.97 Å². The number of hydrogen-bond donors (Lipinski definition) is 2. The number of ether oxygens (including phenoxy) is 1. The molecule has 2 N–H and O–H groups in total. The maximum atomic E-state index is 12.0. The zero-order chi connectivity index (χ0) is 14.8. The number of amides is 1. The van der Waals surface area contributed by atoms with Crippen LogP contribution in [0.2, 0.25) is 5.02 Å². The van der Waals surface area contributed by atoms with E-state index in [1.54, 1.807) is 18.2 Å². The fourth-order valence-electron chi connectivity index (χ4n) is 2.00. The zero-order valence-corrected chi connectivity index (χ0v) is 11.9. The van der Waals surface area contributed by atoms with Crippen LogP contribution >= 0.6 is 11.6 Å². The number of hydrogen-bond acceptors (Lipinski definition) is 3. The maximum absolute atomic E-state index is 12.0. The molecule has 0 atom stereocenters. The lowest BCUT2D eigenvalue weighted by atomic mass is 10.1. The summed E-state index contributed by atoms with van der Waals surface area (Å²) in [5.74, 6) is -0.845. The topological polar surface area (TPSA) is 75.6 Å². The lowest BCUT2D eigenvalue weighted by Gasteiger charge is -2.14. The van der Waals surface area contributed by atoms with Gasteiger partial charge in [-0.1, -0.05) is 23.7 Å². The van der Waals surface area contributed by atoms with Crippen molar-refractivity contribution in [3.05, 3.63) is 28.8 Å². The number of aliphatic carboxylic acids is 1. The van der Waals surface area contributed by atoms with Crippen LogP contribution in [0.4, 0.5) is 0 Å². The van der Waals surface area contributed by atoms with Gasteiger partial charge in [0.15, 0.2) is 0 Å². The lowest BCUT2D eigenvalue weighted by molar-refractivity contribution is -0.143. The van der Waals surface area contributed by atoms with Crippen molar-refractivity contribution in [3.8, 4) is 5.75 Å². The number of carboxylic acids is 1. The molecule has 1 aromatic carbocycles. The Morgan fingerprint density at radius 1 is 1.45 bits per heavy atom. The SMILES string of the molecule is CCOc1c(Cl)cccc1CC(=O)NC1(C(=O)O)CC1. The predicted molar refractivity (Wildman–Crippen MR) is 74.1 cm³/mol. The van der Waals surface area contributed by atoms with Gasteiger partial charge < -0.3 is 15.2 Å². The van der Waals surface area contributed by atoms with Gasteiger partial charge in [0, 0.05) is 5.56 Å². The molecule has 1 aromatic rings. The molecule has 0 saturated heterocycles. The quantitative estimate of drug-likeness (QED) is 0.842. The van der Waals surface area contributed by atoms with Crippen molar-refractivity contribution in [2.24, 2.45) is 0 Å². The minimum Gasteiger partial charge on any atom is -0.492 e. The number of carbonyl (C=O) groups is 2. The number of halogens is 1. The molecule has 1 saturated carbocycles. The summed E-state index contributed by atoms with van der Waals surface area (Å²) in [4.78, 5) is 23.0. The normalized spacial score (nSPS) is 15.5. The Morgan fingerprint density at radius 3 is 2.70 bits per heavy atom. The highest BCUT2D eigenvalue weighted by Crippen LogP contribution is 2.36. The Morgan fingerprint density at radius 2 is 2.15 bits per heavy atom. The summed E-state index contributed by atoms with van der Waals surface area (Å²) < 4.78 is 5.43. The number of carboxylic acid groups (broad SMARTS) is 1. The standard InChI is InChI=1S/C14H16ClNO4/c1-2-20-12-9(4-3-5-10(12)15)8-11(17)16-14(6-7-14)13(18)19/h3-5H,2,6-8H2,1H3,(H,16,17)(H,18,19). The number of rotatable bonds is 6. The van der Waals surface area contributed by atoms with Crippen molar-refractivity contribution in [2.45, 2.75) is 31.7 Å². The first kappa shape index (κ1) is 14.7. The van der Waals surface area contributed by atoms with Crippen LogP contribution in [0.5, 0.6) is 5.75 Å². The van der Waals surface area contributed by atoms with Gasteiger partial charge in [0.2, 0.25) is 5.91 Å². The molecule has 0 spiro atoms. The average molecular weight is 298 g/mol. The first-order valence-electron chi connectivity index (χ1n) is 6.43. The summed E-state index contributed by atoms with van der Waals surface area (Å²) in [6, 6.07) is 5.17. The Balaban J connectivity index is 2.08. The summed E-state index contributed by atoms with van der Waals surface area (Å²) in [7, 11) is 0. The molecule has 0 aliphatic heterocycles. The molecule has 6 heteroatoms. The molecule has 0 heterocycles. The van der Waals surface area contributed by atoms with Gasteiger partial charge in [-0.15, -0.1) is 0 Å². The second-order valence-electron chi connectivity index (χ2n) is 4.77. The van der Waals surface area contributed by atoms with Crippen molar-refractivity contribution in [1.29, 1.82) is 0 Å². The van der Waals surface area contributed by atoms with E-state index in [-0.39, 0.29) is 12.3 Å². The fraction of sp³-hybridized carbons (Fsp3) is 0.429. The molecule has 0 bridgehead atoms. The second-order valence-corrected chi connectivity index (χ2v) is 5.18. The summed E-state index contributed by atoms with van der Waals surface area (Å²) in [6.45, 7) is 2.27. The molecule has 0 unspecified atom stereocenters. The van der Waals surface area contributed by atoms with Crippen molar-refractivity contribution in [1.82, 2.24) is 5.32 Å². The maximum Gasteiger partial charge on any atom is 0.329 e. The first-order chi connectivity index (χ1) is 9.48. The van der Waals surface area contributed by atoms with E-state index in [1.807, 2.05) is 6.92 Å². The third-order valence-corrected chi connectivity index (χ3v) is 3.52. The first-order valence-corrected chi connectivity index (χ1v) is 6.81. The van der Waals surface area contributed by atoms with Crippen molar-refractivity contribution < 1.29 is 19.4 Å². The van der Waals surface area contributed by atoms with Crippen LogP contribution < -0.4 is 10.1 Å². The third-order valence-electron chi connectivity index (χ3n) is 3.23. The predicted octanol–water partition coefficient (Wildman–Crippen LogP) is 2.01. The van der Waals surface area contributed by atoms with Gasteiger partial charge in [-0.05, 0) is 25.8 Å². The van der Waals surface area contributed by atoms with E-state index < -0.39 is 11.5 Å². The average Bonchev–Trinajstić information content (AvgIpc) is 3.14. The van der Waals surface area contributed by atoms with E-state index >= 15 is 0 Å². The molecule has 1 amide bonds. The largest absolute Gasteiger partial charge is 0.492 e. The van der Waals surface area contributed by atoms with Crippen LogP contribution in [0, 0.1) is 0 Å². The Kier molecular flexibility index (Phi) is 4.18. The van der Waals surface area contributed by atoms with Gasteiger partial charge in [-0.25, -0.2) is 4.79 Å². The second kappa shape index (κ2) is 5.71. The van der Waals surface area contributed by atoms with E-state index in [2.05, 4.69) is 5.32 Å². The van der Waals surface area contributed by atoms with Gasteiger partial charge in [-0.3, -0.25) is 4.79 Å². The summed E-state index contributed by atoms with van der Waals surface area (Å²) in [6.07, 6.45) is 0.995. The molecule has 2 rings (SSSR count). The molecule has 20 heavy (non-hydrogen) atoms. The molecule has 5 nitrogen and oxygen atoms in total. The highest BCUT2D eigenvalue weighted by Gasteiger charge is 2.51. The minimum atomic E-state index is -1.07. The highest BCUT2D eigenvalue weighted by molar-refractivity contribution is 6.32. The molecule has 1 aliphatic carbocycles. The van der Waals surface area contributed by atoms with E-state index in [0.717, 1.165) is 0 Å². The van der Waals surface area contributed by atoms with Gasteiger partial charge in [0.05, 0.1) is 18.1 Å². The smallest absolute Gasteiger partial charge is 0.329 e. The van der Waals surface area contributed by atoms with Crippen LogP contribution in [0.3, 0.4) is 0 Å². The lowest BCUT2D eigenvalue weighted by Crippen LogP contribution is -2.43. The van der Waals surface area contributed by atoms with Crippen LogP contribution in [0.1, 0.15) is 25.3 Å². The molecular weight excluding hydrogens is 282 g/mol. The Labute approximate surface area is 121 Å². The Bertz CT molecular complexity index is 540. The summed E-state index contributed by atoms with van der Waals surface area (Å²) in [5.41, 5.74) is -0.417. The Hall–Kier alpha value is -1.75. The van der Waals surface area contributed by atoms with Crippen LogP contribution in [0.25, 0.3) is 0 Å². The summed E-state index contributed by atoms with van der Waals surface area (Å²) in [5, 5.41) is 12.0. The molecule has 0 radical (unpaired) electrons. The van der Waals surface area contributed by atoms with Crippen molar-refractivity contribution in [3.63, 3.8) is 0 Å².